The quantitative estimate of drug-likeness (QED) is 0.648. The highest BCUT2D eigenvalue weighted by molar-refractivity contribution is 6.01. The Labute approximate surface area is 78.6 Å². The second kappa shape index (κ2) is 4.08. The van der Waals surface area contributed by atoms with Crippen molar-refractivity contribution in [3.63, 3.8) is 0 Å². The number of rotatable bonds is 2. The Kier molecular flexibility index (Phi) is 3.07. The molecule has 0 spiro atoms. The molecule has 2 heteroatoms. The van der Waals surface area contributed by atoms with E-state index in [4.69, 9.17) is 4.74 Å². The van der Waals surface area contributed by atoms with Crippen LogP contribution < -0.4 is 0 Å². The average Bonchev–Trinajstić information content (AvgIpc) is 2.14. The van der Waals surface area contributed by atoms with Gasteiger partial charge in [-0.3, -0.25) is 4.79 Å². The third-order valence-corrected chi connectivity index (χ3v) is 1.99. The zero-order valence-corrected chi connectivity index (χ0v) is 8.04. The topological polar surface area (TPSA) is 26.3 Å². The SMILES string of the molecule is C=CC1=C(/C=C\C)C(=O)C(C)CO1. The number of hydrogen-bond donors (Lipinski definition) is 0. The predicted molar refractivity (Wildman–Crippen MR) is 52.2 cm³/mol. The first-order chi connectivity index (χ1) is 6.20. The number of hydrogen-bond acceptors (Lipinski definition) is 2. The zero-order valence-electron chi connectivity index (χ0n) is 8.04. The van der Waals surface area contributed by atoms with Gasteiger partial charge in [0.25, 0.3) is 0 Å². The van der Waals surface area contributed by atoms with Gasteiger partial charge < -0.3 is 4.74 Å². The van der Waals surface area contributed by atoms with E-state index in [1.54, 1.807) is 12.2 Å². The van der Waals surface area contributed by atoms with E-state index in [9.17, 15) is 4.79 Å². The summed E-state index contributed by atoms with van der Waals surface area (Å²) in [6.45, 7) is 7.81. The Bertz CT molecular complexity index is 284. The Balaban J connectivity index is 3.08. The Hall–Kier alpha value is -1.31. The first-order valence-corrected chi connectivity index (χ1v) is 4.37. The lowest BCUT2D eigenvalue weighted by Gasteiger charge is -2.21. The number of ether oxygens (including phenoxy) is 1. The molecule has 0 saturated carbocycles. The fraction of sp³-hybridized carbons (Fsp3) is 0.364. The lowest BCUT2D eigenvalue weighted by atomic mass is 9.96. The van der Waals surface area contributed by atoms with E-state index in [-0.39, 0.29) is 11.7 Å². The fourth-order valence-electron chi connectivity index (χ4n) is 1.25. The highest BCUT2D eigenvalue weighted by atomic mass is 16.5. The van der Waals surface area contributed by atoms with Crippen LogP contribution in [0.4, 0.5) is 0 Å². The van der Waals surface area contributed by atoms with Crippen molar-refractivity contribution in [3.8, 4) is 0 Å². The molecule has 2 nitrogen and oxygen atoms in total. The molecule has 1 aliphatic heterocycles. The third-order valence-electron chi connectivity index (χ3n) is 1.99. The van der Waals surface area contributed by atoms with Gasteiger partial charge in [0.2, 0.25) is 0 Å². The molecular formula is C11H14O2. The van der Waals surface area contributed by atoms with E-state index >= 15 is 0 Å². The van der Waals surface area contributed by atoms with Crippen LogP contribution in [0.1, 0.15) is 13.8 Å². The van der Waals surface area contributed by atoms with Gasteiger partial charge in [-0.25, -0.2) is 0 Å². The van der Waals surface area contributed by atoms with Gasteiger partial charge in [0.1, 0.15) is 5.76 Å². The highest BCUT2D eigenvalue weighted by Crippen LogP contribution is 2.21. The molecule has 0 N–H and O–H groups in total. The summed E-state index contributed by atoms with van der Waals surface area (Å²) in [5.74, 6) is 0.690. The molecule has 0 radical (unpaired) electrons. The van der Waals surface area contributed by atoms with Crippen LogP contribution in [0, 0.1) is 5.92 Å². The summed E-state index contributed by atoms with van der Waals surface area (Å²) >= 11 is 0. The van der Waals surface area contributed by atoms with Crippen molar-refractivity contribution in [1.29, 1.82) is 0 Å². The maximum atomic E-state index is 11.6. The molecule has 0 aromatic carbocycles. The number of Topliss-reactive ketones (excluding diaryl/α,β-unsaturated/α-hetero) is 1. The van der Waals surface area contributed by atoms with E-state index in [0.717, 1.165) is 0 Å². The van der Waals surface area contributed by atoms with Crippen molar-refractivity contribution in [1.82, 2.24) is 0 Å². The molecule has 0 aromatic heterocycles. The number of carbonyl (C=O) groups excluding carboxylic acids is 1. The van der Waals surface area contributed by atoms with Gasteiger partial charge in [0.15, 0.2) is 5.78 Å². The van der Waals surface area contributed by atoms with E-state index in [1.807, 2.05) is 19.9 Å². The summed E-state index contributed by atoms with van der Waals surface area (Å²) in [5, 5.41) is 0. The molecule has 13 heavy (non-hydrogen) atoms. The Morgan fingerprint density at radius 3 is 2.85 bits per heavy atom. The van der Waals surface area contributed by atoms with Gasteiger partial charge in [-0.2, -0.15) is 0 Å². The fourth-order valence-corrected chi connectivity index (χ4v) is 1.25. The van der Waals surface area contributed by atoms with E-state index < -0.39 is 0 Å². The molecule has 1 atom stereocenters. The van der Waals surface area contributed by atoms with Gasteiger partial charge in [-0.05, 0) is 13.0 Å². The van der Waals surface area contributed by atoms with Crippen molar-refractivity contribution >= 4 is 5.78 Å². The molecule has 70 valence electrons. The Morgan fingerprint density at radius 2 is 2.31 bits per heavy atom. The minimum absolute atomic E-state index is 0.0464. The summed E-state index contributed by atoms with van der Waals surface area (Å²) in [6, 6.07) is 0. The van der Waals surface area contributed by atoms with Gasteiger partial charge in [0.05, 0.1) is 18.1 Å². The lowest BCUT2D eigenvalue weighted by Crippen LogP contribution is -2.24. The van der Waals surface area contributed by atoms with Crippen molar-refractivity contribution in [2.24, 2.45) is 5.92 Å². The van der Waals surface area contributed by atoms with Crippen LogP contribution in [0.5, 0.6) is 0 Å². The van der Waals surface area contributed by atoms with Gasteiger partial charge in [0, 0.05) is 0 Å². The van der Waals surface area contributed by atoms with E-state index in [2.05, 4.69) is 6.58 Å². The van der Waals surface area contributed by atoms with Crippen molar-refractivity contribution in [2.75, 3.05) is 6.61 Å². The minimum atomic E-state index is -0.0464. The predicted octanol–water partition coefficient (Wildman–Crippen LogP) is 2.24. The van der Waals surface area contributed by atoms with Crippen LogP contribution in [-0.4, -0.2) is 12.4 Å². The molecule has 1 unspecified atom stereocenters. The van der Waals surface area contributed by atoms with Crippen LogP contribution in [0.25, 0.3) is 0 Å². The van der Waals surface area contributed by atoms with Crippen LogP contribution in [0.3, 0.4) is 0 Å². The smallest absolute Gasteiger partial charge is 0.172 e. The number of carbonyl (C=O) groups is 1. The van der Waals surface area contributed by atoms with Crippen LogP contribution in [0.2, 0.25) is 0 Å². The molecule has 0 saturated heterocycles. The third kappa shape index (κ3) is 1.89. The summed E-state index contributed by atoms with van der Waals surface area (Å²) in [6.07, 6.45) is 5.19. The molecule has 0 amide bonds. The normalized spacial score (nSPS) is 23.5. The molecule has 1 aliphatic rings. The molecule has 0 fully saturated rings. The molecular weight excluding hydrogens is 164 g/mol. The molecule has 0 bridgehead atoms. The van der Waals surface area contributed by atoms with Crippen molar-refractivity contribution in [3.05, 3.63) is 36.1 Å². The van der Waals surface area contributed by atoms with Gasteiger partial charge in [-0.1, -0.05) is 25.7 Å². The molecule has 0 aliphatic carbocycles. The maximum Gasteiger partial charge on any atom is 0.172 e. The first-order valence-electron chi connectivity index (χ1n) is 4.37. The summed E-state index contributed by atoms with van der Waals surface area (Å²) in [7, 11) is 0. The number of allylic oxidation sites excluding steroid dienone is 4. The van der Waals surface area contributed by atoms with Gasteiger partial charge >= 0.3 is 0 Å². The Morgan fingerprint density at radius 1 is 1.62 bits per heavy atom. The molecule has 1 rings (SSSR count). The largest absolute Gasteiger partial charge is 0.492 e. The average molecular weight is 178 g/mol. The van der Waals surface area contributed by atoms with Crippen LogP contribution in [-0.2, 0) is 9.53 Å². The molecule has 1 heterocycles. The second-order valence-corrected chi connectivity index (χ2v) is 3.06. The lowest BCUT2D eigenvalue weighted by molar-refractivity contribution is -0.121. The van der Waals surface area contributed by atoms with E-state index in [0.29, 0.717) is 17.9 Å². The minimum Gasteiger partial charge on any atom is -0.492 e. The summed E-state index contributed by atoms with van der Waals surface area (Å²) < 4.78 is 5.36. The van der Waals surface area contributed by atoms with Crippen LogP contribution in [0.15, 0.2) is 36.1 Å². The summed E-state index contributed by atoms with van der Waals surface area (Å²) in [4.78, 5) is 11.6. The van der Waals surface area contributed by atoms with Gasteiger partial charge in [-0.15, -0.1) is 0 Å². The first kappa shape index (κ1) is 9.78. The maximum absolute atomic E-state index is 11.6. The standard InChI is InChI=1S/C11H14O2/c1-4-6-9-10(5-2)13-7-8(3)11(9)12/h4-6,8H,2,7H2,1,3H3/b6-4-. The van der Waals surface area contributed by atoms with Crippen LogP contribution >= 0.6 is 0 Å². The van der Waals surface area contributed by atoms with E-state index in [1.165, 1.54) is 0 Å². The summed E-state index contributed by atoms with van der Waals surface area (Å²) in [5.41, 5.74) is 0.635. The van der Waals surface area contributed by atoms with Crippen molar-refractivity contribution < 1.29 is 9.53 Å². The molecule has 0 aromatic rings. The van der Waals surface area contributed by atoms with Crippen molar-refractivity contribution in [2.45, 2.75) is 13.8 Å². The highest BCUT2D eigenvalue weighted by Gasteiger charge is 2.24. The zero-order chi connectivity index (χ0) is 9.84. The monoisotopic (exact) mass is 178 g/mol. The number of ketones is 1. The second-order valence-electron chi connectivity index (χ2n) is 3.06.